The second-order valence-corrected chi connectivity index (χ2v) is 3.69. The predicted octanol–water partition coefficient (Wildman–Crippen LogP) is 0.520. The summed E-state index contributed by atoms with van der Waals surface area (Å²) in [4.78, 5) is 2.24. The summed E-state index contributed by atoms with van der Waals surface area (Å²) in [6, 6.07) is 0.491. The maximum absolute atomic E-state index is 13.0. The van der Waals surface area contributed by atoms with E-state index in [9.17, 15) is 4.39 Å². The summed E-state index contributed by atoms with van der Waals surface area (Å²) in [5, 5.41) is 0. The van der Waals surface area contributed by atoms with Crippen molar-refractivity contribution in [3.05, 3.63) is 0 Å². The van der Waals surface area contributed by atoms with E-state index in [0.717, 1.165) is 13.0 Å². The van der Waals surface area contributed by atoms with Crippen LogP contribution < -0.4 is 5.73 Å². The summed E-state index contributed by atoms with van der Waals surface area (Å²) in [6.07, 6.45) is 2.58. The van der Waals surface area contributed by atoms with E-state index in [0.29, 0.717) is 12.6 Å². The third-order valence-electron chi connectivity index (χ3n) is 2.69. The molecule has 1 aliphatic heterocycles. The fourth-order valence-corrected chi connectivity index (χ4v) is 1.72. The summed E-state index contributed by atoms with van der Waals surface area (Å²) in [5.41, 5.74) is 5.56. The Hall–Kier alpha value is -0.150. The van der Waals surface area contributed by atoms with Crippen LogP contribution in [0.4, 0.5) is 4.39 Å². The van der Waals surface area contributed by atoms with Crippen LogP contribution in [0.25, 0.3) is 0 Å². The van der Waals surface area contributed by atoms with E-state index >= 15 is 0 Å². The fourth-order valence-electron chi connectivity index (χ4n) is 1.72. The Labute approximate surface area is 66.5 Å². The highest BCUT2D eigenvalue weighted by Gasteiger charge is 2.35. The van der Waals surface area contributed by atoms with Crippen LogP contribution in [0.5, 0.6) is 0 Å². The standard InChI is InChI=1S/C8H15FN2/c9-7-5-11(6-1-2-6)4-3-8(7)10/h6-8H,1-5,10H2/t7-,8+/m0/s1. The van der Waals surface area contributed by atoms with Crippen molar-refractivity contribution in [1.82, 2.24) is 4.90 Å². The average molecular weight is 158 g/mol. The van der Waals surface area contributed by atoms with Crippen molar-refractivity contribution in [2.24, 2.45) is 5.73 Å². The quantitative estimate of drug-likeness (QED) is 0.603. The lowest BCUT2D eigenvalue weighted by atomic mass is 10.0. The molecule has 0 aromatic carbocycles. The Balaban J connectivity index is 1.86. The number of likely N-dealkylation sites (tertiary alicyclic amines) is 1. The zero-order valence-electron chi connectivity index (χ0n) is 6.67. The molecular weight excluding hydrogens is 143 g/mol. The molecule has 2 aliphatic rings. The van der Waals surface area contributed by atoms with Gasteiger partial charge < -0.3 is 5.73 Å². The molecule has 2 N–H and O–H groups in total. The number of alkyl halides is 1. The van der Waals surface area contributed by atoms with Gasteiger partial charge in [-0.25, -0.2) is 4.39 Å². The fraction of sp³-hybridized carbons (Fsp3) is 1.00. The number of nitrogens with two attached hydrogens (primary N) is 1. The van der Waals surface area contributed by atoms with Gasteiger partial charge in [0.1, 0.15) is 6.17 Å². The van der Waals surface area contributed by atoms with E-state index in [4.69, 9.17) is 5.73 Å². The van der Waals surface area contributed by atoms with Gasteiger partial charge in [-0.15, -0.1) is 0 Å². The van der Waals surface area contributed by atoms with E-state index in [1.807, 2.05) is 0 Å². The Morgan fingerprint density at radius 3 is 2.55 bits per heavy atom. The first kappa shape index (κ1) is 7.50. The molecule has 2 atom stereocenters. The van der Waals surface area contributed by atoms with Crippen LogP contribution >= 0.6 is 0 Å². The summed E-state index contributed by atoms with van der Waals surface area (Å²) < 4.78 is 13.0. The molecule has 1 aliphatic carbocycles. The minimum Gasteiger partial charge on any atom is -0.325 e. The molecule has 2 rings (SSSR count). The molecule has 1 saturated carbocycles. The summed E-state index contributed by atoms with van der Waals surface area (Å²) in [7, 11) is 0. The average Bonchev–Trinajstić information content (AvgIpc) is 2.77. The van der Waals surface area contributed by atoms with E-state index in [1.54, 1.807) is 0 Å². The monoisotopic (exact) mass is 158 g/mol. The molecule has 2 fully saturated rings. The SMILES string of the molecule is N[C@@H]1CCN(C2CC2)C[C@@H]1F. The van der Waals surface area contributed by atoms with Crippen LogP contribution in [0.3, 0.4) is 0 Å². The number of rotatable bonds is 1. The largest absolute Gasteiger partial charge is 0.325 e. The minimum atomic E-state index is -0.788. The van der Waals surface area contributed by atoms with Gasteiger partial charge in [-0.1, -0.05) is 0 Å². The minimum absolute atomic E-state index is 0.204. The Kier molecular flexibility index (Phi) is 1.85. The predicted molar refractivity (Wildman–Crippen MR) is 42.1 cm³/mol. The highest BCUT2D eigenvalue weighted by atomic mass is 19.1. The van der Waals surface area contributed by atoms with E-state index in [-0.39, 0.29) is 6.04 Å². The van der Waals surface area contributed by atoms with E-state index < -0.39 is 6.17 Å². The normalized spacial score (nSPS) is 40.9. The second-order valence-electron chi connectivity index (χ2n) is 3.69. The first-order valence-corrected chi connectivity index (χ1v) is 4.41. The molecule has 0 amide bonds. The molecule has 0 radical (unpaired) electrons. The van der Waals surface area contributed by atoms with E-state index in [1.165, 1.54) is 12.8 Å². The van der Waals surface area contributed by atoms with Crippen molar-refractivity contribution in [2.45, 2.75) is 37.5 Å². The van der Waals surface area contributed by atoms with Crippen molar-refractivity contribution in [2.75, 3.05) is 13.1 Å². The van der Waals surface area contributed by atoms with Crippen LogP contribution in [0, 0.1) is 0 Å². The lowest BCUT2D eigenvalue weighted by Crippen LogP contribution is -2.49. The number of halogens is 1. The van der Waals surface area contributed by atoms with Crippen LogP contribution in [0.2, 0.25) is 0 Å². The zero-order chi connectivity index (χ0) is 7.84. The first-order chi connectivity index (χ1) is 5.27. The first-order valence-electron chi connectivity index (χ1n) is 4.41. The molecule has 3 heteroatoms. The van der Waals surface area contributed by atoms with Gasteiger partial charge in [-0.3, -0.25) is 4.90 Å². The van der Waals surface area contributed by atoms with Crippen LogP contribution in [0.15, 0.2) is 0 Å². The highest BCUT2D eigenvalue weighted by Crippen LogP contribution is 2.29. The van der Waals surface area contributed by atoms with Crippen molar-refractivity contribution in [3.63, 3.8) is 0 Å². The number of nitrogens with zero attached hydrogens (tertiary/aromatic N) is 1. The Bertz CT molecular complexity index is 147. The van der Waals surface area contributed by atoms with Crippen LogP contribution in [0.1, 0.15) is 19.3 Å². The van der Waals surface area contributed by atoms with Crippen molar-refractivity contribution in [3.8, 4) is 0 Å². The molecule has 0 unspecified atom stereocenters. The van der Waals surface area contributed by atoms with Gasteiger partial charge in [0, 0.05) is 25.2 Å². The maximum Gasteiger partial charge on any atom is 0.128 e. The smallest absolute Gasteiger partial charge is 0.128 e. The highest BCUT2D eigenvalue weighted by molar-refractivity contribution is 4.91. The molecule has 0 aromatic heterocycles. The second kappa shape index (κ2) is 2.72. The molecule has 1 heterocycles. The third-order valence-corrected chi connectivity index (χ3v) is 2.69. The number of piperidine rings is 1. The molecule has 1 saturated heterocycles. The Morgan fingerprint density at radius 1 is 1.27 bits per heavy atom. The van der Waals surface area contributed by atoms with Gasteiger partial charge >= 0.3 is 0 Å². The third kappa shape index (κ3) is 1.54. The number of hydrogen-bond donors (Lipinski definition) is 1. The molecule has 2 nitrogen and oxygen atoms in total. The van der Waals surface area contributed by atoms with Crippen molar-refractivity contribution in [1.29, 1.82) is 0 Å². The molecule has 11 heavy (non-hydrogen) atoms. The topological polar surface area (TPSA) is 29.3 Å². The van der Waals surface area contributed by atoms with Crippen molar-refractivity contribution < 1.29 is 4.39 Å². The molecule has 64 valence electrons. The summed E-state index contributed by atoms with van der Waals surface area (Å²) in [5.74, 6) is 0. The van der Waals surface area contributed by atoms with Crippen molar-refractivity contribution >= 4 is 0 Å². The van der Waals surface area contributed by atoms with Crippen LogP contribution in [-0.4, -0.2) is 36.2 Å². The summed E-state index contributed by atoms with van der Waals surface area (Å²) >= 11 is 0. The molecule has 0 spiro atoms. The molecule has 0 bridgehead atoms. The molecule has 0 aromatic rings. The number of hydrogen-bond acceptors (Lipinski definition) is 2. The summed E-state index contributed by atoms with van der Waals surface area (Å²) in [6.45, 7) is 1.58. The zero-order valence-corrected chi connectivity index (χ0v) is 6.67. The van der Waals surface area contributed by atoms with Gasteiger partial charge in [0.05, 0.1) is 0 Å². The Morgan fingerprint density at radius 2 is 2.00 bits per heavy atom. The van der Waals surface area contributed by atoms with Gasteiger partial charge in [-0.05, 0) is 19.3 Å². The lowest BCUT2D eigenvalue weighted by Gasteiger charge is -2.32. The maximum atomic E-state index is 13.0. The van der Waals surface area contributed by atoms with Gasteiger partial charge in [-0.2, -0.15) is 0 Å². The molecular formula is C8H15FN2. The lowest BCUT2D eigenvalue weighted by molar-refractivity contribution is 0.114. The van der Waals surface area contributed by atoms with Gasteiger partial charge in [0.25, 0.3) is 0 Å². The van der Waals surface area contributed by atoms with Gasteiger partial charge in [0.15, 0.2) is 0 Å². The van der Waals surface area contributed by atoms with E-state index in [2.05, 4.69) is 4.90 Å². The van der Waals surface area contributed by atoms with Gasteiger partial charge in [0.2, 0.25) is 0 Å². The van der Waals surface area contributed by atoms with Crippen LogP contribution in [-0.2, 0) is 0 Å².